The summed E-state index contributed by atoms with van der Waals surface area (Å²) in [6.07, 6.45) is -5.64. The van der Waals surface area contributed by atoms with Crippen molar-refractivity contribution < 1.29 is 35.4 Å². The van der Waals surface area contributed by atoms with Crippen molar-refractivity contribution in [3.63, 3.8) is 0 Å². The first-order chi connectivity index (χ1) is 6.25. The van der Waals surface area contributed by atoms with Crippen molar-refractivity contribution in [3.8, 4) is 0 Å². The number of hydrogen-bond acceptors (Lipinski definition) is 6. The first-order valence-electron chi connectivity index (χ1n) is 3.64. The number of rotatable bonds is 5. The van der Waals surface area contributed by atoms with Crippen LogP contribution < -0.4 is 0 Å². The Morgan fingerprint density at radius 1 is 1.36 bits per heavy atom. The van der Waals surface area contributed by atoms with Gasteiger partial charge in [0.05, 0.1) is 0 Å². The van der Waals surface area contributed by atoms with E-state index in [0.29, 0.717) is 0 Å². The fraction of sp³-hybridized carbons (Fsp3) is 0.833. The summed E-state index contributed by atoms with van der Waals surface area (Å²) in [6.45, 7) is -0.839. The number of aliphatic hydroxyl groups is 5. The molecule has 14 heavy (non-hydrogen) atoms. The first kappa shape index (κ1) is 14.1. The Hall–Kier alpha value is 0.0882. The van der Waals surface area contributed by atoms with Gasteiger partial charge in [0.1, 0.15) is 0 Å². The fourth-order valence-corrected chi connectivity index (χ4v) is 1.27. The third-order valence-electron chi connectivity index (χ3n) is 1.70. The van der Waals surface area contributed by atoms with Gasteiger partial charge < -0.3 is 0 Å². The van der Waals surface area contributed by atoms with Gasteiger partial charge in [0.2, 0.25) is 0 Å². The molecule has 0 fully saturated rings. The standard InChI is InChI=1S/C6H11O7.Sb.2H/c7-1-2(8)3(9)4(10)5(11)6(12)13;;;/h2-4,7-11H,1H2,(H,12,13);;;/t2-,3-,4+;;;/m1.../s1. The van der Waals surface area contributed by atoms with Crippen molar-refractivity contribution in [3.05, 3.63) is 0 Å². The molecule has 0 saturated carbocycles. The van der Waals surface area contributed by atoms with Crippen LogP contribution in [0.4, 0.5) is 0 Å². The van der Waals surface area contributed by atoms with Crippen molar-refractivity contribution >= 4 is 29.0 Å². The van der Waals surface area contributed by atoms with E-state index in [2.05, 4.69) is 0 Å². The Bertz CT molecular complexity index is 206. The number of aliphatic carboxylic acids is 1. The van der Waals surface area contributed by atoms with Crippen molar-refractivity contribution in [2.75, 3.05) is 6.61 Å². The van der Waals surface area contributed by atoms with E-state index in [0.717, 1.165) is 0 Å². The van der Waals surface area contributed by atoms with Crippen LogP contribution in [-0.4, -0.2) is 88.1 Å². The summed E-state index contributed by atoms with van der Waals surface area (Å²) < 4.78 is -2.46. The van der Waals surface area contributed by atoms with Gasteiger partial charge in [-0.2, -0.15) is 0 Å². The van der Waals surface area contributed by atoms with Gasteiger partial charge in [-0.3, -0.25) is 0 Å². The van der Waals surface area contributed by atoms with E-state index < -0.39 is 34.4 Å². The van der Waals surface area contributed by atoms with E-state index in [1.54, 1.807) is 0 Å². The third-order valence-corrected chi connectivity index (χ3v) is 3.38. The number of carbonyl (C=O) groups is 1. The van der Waals surface area contributed by atoms with Crippen molar-refractivity contribution in [1.29, 1.82) is 0 Å². The Kier molecular flexibility index (Phi) is 5.28. The minimum absolute atomic E-state index is 0.263. The van der Waals surface area contributed by atoms with E-state index >= 15 is 0 Å². The molecule has 0 bridgehead atoms. The van der Waals surface area contributed by atoms with Crippen LogP contribution in [0.15, 0.2) is 0 Å². The van der Waals surface area contributed by atoms with Gasteiger partial charge in [-0.25, -0.2) is 0 Å². The Labute approximate surface area is 93.1 Å². The molecule has 4 atom stereocenters. The molecule has 0 aromatic rings. The van der Waals surface area contributed by atoms with Crippen LogP contribution in [-0.2, 0) is 4.79 Å². The molecule has 84 valence electrons. The molecule has 7 nitrogen and oxygen atoms in total. The Balaban J connectivity index is 4.60. The minimum atomic E-state index is -2.46. The van der Waals surface area contributed by atoms with Crippen molar-refractivity contribution in [2.24, 2.45) is 0 Å². The van der Waals surface area contributed by atoms with E-state index in [1.807, 2.05) is 0 Å². The molecule has 0 heterocycles. The van der Waals surface area contributed by atoms with E-state index in [-0.39, 0.29) is 23.0 Å². The zero-order valence-electron chi connectivity index (χ0n) is 7.11. The van der Waals surface area contributed by atoms with E-state index in [4.69, 9.17) is 20.4 Å². The Morgan fingerprint density at radius 3 is 2.07 bits per heavy atom. The van der Waals surface area contributed by atoms with Crippen LogP contribution >= 0.6 is 0 Å². The molecule has 0 radical (unpaired) electrons. The molecule has 8 heteroatoms. The fourth-order valence-electron chi connectivity index (χ4n) is 0.705. The molecule has 0 unspecified atom stereocenters. The Morgan fingerprint density at radius 2 is 1.79 bits per heavy atom. The predicted molar refractivity (Wildman–Crippen MR) is 46.2 cm³/mol. The molecule has 0 rings (SSSR count). The molecule has 0 amide bonds. The second-order valence-electron chi connectivity index (χ2n) is 2.82. The molecule has 0 aliphatic rings. The van der Waals surface area contributed by atoms with Gasteiger partial charge in [-0.1, -0.05) is 0 Å². The molecule has 0 spiro atoms. The molecular weight excluding hydrogens is 306 g/mol. The van der Waals surface area contributed by atoms with Crippen LogP contribution in [0, 0.1) is 0 Å². The zero-order chi connectivity index (χ0) is 11.5. The summed E-state index contributed by atoms with van der Waals surface area (Å²) in [4.78, 5) is 10.4. The summed E-state index contributed by atoms with van der Waals surface area (Å²) >= 11 is -0.263. The second-order valence-corrected chi connectivity index (χ2v) is 5.33. The first-order valence-corrected chi connectivity index (χ1v) is 5.29. The summed E-state index contributed by atoms with van der Waals surface area (Å²) in [7, 11) is 0. The molecule has 0 saturated heterocycles. The molecular formula is C6H13O7Sb. The topological polar surface area (TPSA) is 138 Å². The predicted octanol–water partition coefficient (Wildman–Crippen LogP) is -4.53. The number of carboxylic acids is 1. The third kappa shape index (κ3) is 3.05. The number of aliphatic hydroxyl groups excluding tert-OH is 4. The molecule has 6 N–H and O–H groups in total. The molecule has 0 aromatic heterocycles. The quantitative estimate of drug-likeness (QED) is 0.281. The van der Waals surface area contributed by atoms with Crippen LogP contribution in [0.5, 0.6) is 0 Å². The zero-order valence-corrected chi connectivity index (χ0v) is 10.4. The van der Waals surface area contributed by atoms with E-state index in [9.17, 15) is 15.0 Å². The average Bonchev–Trinajstić information content (AvgIpc) is 2.13. The SMILES string of the molecule is O=C(O)[C@@](O)([SbH2])[C@@H](O)[C@H](O)[C@H](O)CO. The second kappa shape index (κ2) is 5.25. The van der Waals surface area contributed by atoms with Gasteiger partial charge in [-0.05, 0) is 0 Å². The summed E-state index contributed by atoms with van der Waals surface area (Å²) in [5.41, 5.74) is 0. The van der Waals surface area contributed by atoms with Gasteiger partial charge >= 0.3 is 92.9 Å². The number of carboxylic acid groups (broad SMARTS) is 1. The maximum absolute atomic E-state index is 10.4. The normalized spacial score (nSPS) is 22.1. The molecule has 0 aromatic carbocycles. The van der Waals surface area contributed by atoms with Gasteiger partial charge in [0.15, 0.2) is 0 Å². The van der Waals surface area contributed by atoms with Gasteiger partial charge in [-0.15, -0.1) is 0 Å². The maximum atomic E-state index is 10.4. The molecule has 0 aliphatic carbocycles. The summed E-state index contributed by atoms with van der Waals surface area (Å²) in [6, 6.07) is 0. The van der Waals surface area contributed by atoms with Gasteiger partial charge in [0, 0.05) is 0 Å². The molecule has 0 aliphatic heterocycles. The van der Waals surface area contributed by atoms with Crippen LogP contribution in [0.1, 0.15) is 0 Å². The average molecular weight is 319 g/mol. The van der Waals surface area contributed by atoms with Crippen LogP contribution in [0.3, 0.4) is 0 Å². The van der Waals surface area contributed by atoms with E-state index in [1.165, 1.54) is 0 Å². The van der Waals surface area contributed by atoms with Gasteiger partial charge in [0.25, 0.3) is 0 Å². The summed E-state index contributed by atoms with van der Waals surface area (Å²) in [5, 5.41) is 53.3. The van der Waals surface area contributed by atoms with Crippen molar-refractivity contribution in [2.45, 2.75) is 21.9 Å². The van der Waals surface area contributed by atoms with Crippen LogP contribution in [0.25, 0.3) is 0 Å². The summed E-state index contributed by atoms with van der Waals surface area (Å²) in [5.74, 6) is -1.68. The van der Waals surface area contributed by atoms with Crippen molar-refractivity contribution in [1.82, 2.24) is 0 Å². The number of hydrogen-bond donors (Lipinski definition) is 6. The van der Waals surface area contributed by atoms with Crippen LogP contribution in [0.2, 0.25) is 0 Å². The monoisotopic (exact) mass is 318 g/mol.